The molecule has 0 aliphatic carbocycles. The van der Waals surface area contributed by atoms with Crippen LogP contribution in [0.1, 0.15) is 26.1 Å². The zero-order chi connectivity index (χ0) is 11.3. The Labute approximate surface area is 99.2 Å². The number of rotatable bonds is 5. The Bertz CT molecular complexity index is 339. The lowest BCUT2D eigenvalue weighted by Gasteiger charge is -2.11. The van der Waals surface area contributed by atoms with Gasteiger partial charge in [0.15, 0.2) is 0 Å². The number of nitrogens with zero attached hydrogens (tertiary/aromatic N) is 2. The first-order valence-corrected chi connectivity index (χ1v) is 5.87. The van der Waals surface area contributed by atoms with E-state index in [-0.39, 0.29) is 6.04 Å². The normalized spacial score (nSPS) is 12.2. The second kappa shape index (κ2) is 5.85. The van der Waals surface area contributed by atoms with E-state index in [0.717, 1.165) is 29.1 Å². The fourth-order valence-electron chi connectivity index (χ4n) is 1.17. The fraction of sp³-hybridized carbons (Fsp3) is 0.455. The van der Waals surface area contributed by atoms with Gasteiger partial charge in [0.2, 0.25) is 0 Å². The van der Waals surface area contributed by atoms with Crippen molar-refractivity contribution in [1.29, 1.82) is 0 Å². The van der Waals surface area contributed by atoms with Crippen LogP contribution in [0.3, 0.4) is 0 Å². The molecule has 0 aromatic carbocycles. The van der Waals surface area contributed by atoms with Gasteiger partial charge in [-0.3, -0.25) is 0 Å². The summed E-state index contributed by atoms with van der Waals surface area (Å²) in [5.74, 6) is 1.71. The maximum absolute atomic E-state index is 4.41. The molecule has 0 fully saturated rings. The van der Waals surface area contributed by atoms with Gasteiger partial charge in [0.05, 0.1) is 0 Å². The van der Waals surface area contributed by atoms with Gasteiger partial charge in [-0.15, -0.1) is 6.58 Å². The quantitative estimate of drug-likeness (QED) is 0.659. The third-order valence-corrected chi connectivity index (χ3v) is 2.35. The highest BCUT2D eigenvalue weighted by Gasteiger charge is 2.03. The average Bonchev–Trinajstić information content (AvgIpc) is 2.17. The molecule has 4 heteroatoms. The fourth-order valence-corrected chi connectivity index (χ4v) is 1.59. The summed E-state index contributed by atoms with van der Waals surface area (Å²) in [7, 11) is 0. The van der Waals surface area contributed by atoms with E-state index in [1.165, 1.54) is 0 Å². The predicted octanol–water partition coefficient (Wildman–Crippen LogP) is 3.18. The van der Waals surface area contributed by atoms with Gasteiger partial charge in [0, 0.05) is 18.5 Å². The number of aryl methyl sites for hydroxylation is 1. The highest BCUT2D eigenvalue weighted by Crippen LogP contribution is 2.14. The maximum Gasteiger partial charge on any atom is 0.132 e. The summed E-state index contributed by atoms with van der Waals surface area (Å²) < 4.78 is 0.819. The highest BCUT2D eigenvalue weighted by molar-refractivity contribution is 9.10. The van der Waals surface area contributed by atoms with Crippen molar-refractivity contribution in [3.8, 4) is 0 Å². The molecule has 0 radical (unpaired) electrons. The molecule has 0 amide bonds. The van der Waals surface area contributed by atoms with Gasteiger partial charge in [-0.1, -0.05) is 13.0 Å². The van der Waals surface area contributed by atoms with E-state index in [4.69, 9.17) is 0 Å². The first-order valence-electron chi connectivity index (χ1n) is 5.08. The molecule has 1 aromatic rings. The Morgan fingerprint density at radius 2 is 2.33 bits per heavy atom. The van der Waals surface area contributed by atoms with Gasteiger partial charge in [0.25, 0.3) is 0 Å². The number of anilines is 1. The molecule has 1 aromatic heterocycles. The van der Waals surface area contributed by atoms with Crippen molar-refractivity contribution >= 4 is 21.7 Å². The number of nitrogens with one attached hydrogen (secondary N) is 1. The average molecular weight is 270 g/mol. The van der Waals surface area contributed by atoms with E-state index in [1.807, 2.05) is 19.1 Å². The minimum Gasteiger partial charge on any atom is -0.364 e. The van der Waals surface area contributed by atoms with Gasteiger partial charge < -0.3 is 5.32 Å². The standard InChI is InChI=1S/C11H16BrN3/c1-4-6-10-14-9(12)7-11(15-10)13-8(3)5-2/h5,7-8H,2,4,6H2,1,3H3,(H,13,14,15). The van der Waals surface area contributed by atoms with Crippen LogP contribution in [0.4, 0.5) is 5.82 Å². The monoisotopic (exact) mass is 269 g/mol. The molecule has 0 saturated heterocycles. The minimum absolute atomic E-state index is 0.210. The molecule has 3 nitrogen and oxygen atoms in total. The van der Waals surface area contributed by atoms with E-state index >= 15 is 0 Å². The SMILES string of the molecule is C=CC(C)Nc1cc(Br)nc(CCC)n1. The molecule has 1 N–H and O–H groups in total. The molecule has 0 aliphatic heterocycles. The third kappa shape index (κ3) is 4.00. The zero-order valence-electron chi connectivity index (χ0n) is 9.13. The summed E-state index contributed by atoms with van der Waals surface area (Å²) in [4.78, 5) is 8.71. The van der Waals surface area contributed by atoms with Gasteiger partial charge in [-0.25, -0.2) is 9.97 Å². The van der Waals surface area contributed by atoms with Crippen molar-refractivity contribution in [3.05, 3.63) is 29.1 Å². The van der Waals surface area contributed by atoms with E-state index in [1.54, 1.807) is 0 Å². The predicted molar refractivity (Wildman–Crippen MR) is 67.0 cm³/mol. The third-order valence-electron chi connectivity index (χ3n) is 1.94. The molecule has 82 valence electrons. The van der Waals surface area contributed by atoms with Crippen molar-refractivity contribution in [3.63, 3.8) is 0 Å². The number of aromatic nitrogens is 2. The van der Waals surface area contributed by atoms with E-state index < -0.39 is 0 Å². The van der Waals surface area contributed by atoms with Crippen LogP contribution in [0.25, 0.3) is 0 Å². The molecule has 1 atom stereocenters. The van der Waals surface area contributed by atoms with Gasteiger partial charge >= 0.3 is 0 Å². The second-order valence-electron chi connectivity index (χ2n) is 3.41. The molecule has 0 spiro atoms. The van der Waals surface area contributed by atoms with Crippen LogP contribution in [-0.4, -0.2) is 16.0 Å². The Morgan fingerprint density at radius 3 is 2.93 bits per heavy atom. The van der Waals surface area contributed by atoms with Crippen LogP contribution in [0, 0.1) is 0 Å². The Morgan fingerprint density at radius 1 is 1.60 bits per heavy atom. The minimum atomic E-state index is 0.210. The molecular weight excluding hydrogens is 254 g/mol. The van der Waals surface area contributed by atoms with Crippen molar-refractivity contribution in [1.82, 2.24) is 9.97 Å². The van der Waals surface area contributed by atoms with Crippen molar-refractivity contribution in [2.45, 2.75) is 32.7 Å². The van der Waals surface area contributed by atoms with E-state index in [9.17, 15) is 0 Å². The highest BCUT2D eigenvalue weighted by atomic mass is 79.9. The molecular formula is C11H16BrN3. The van der Waals surface area contributed by atoms with Crippen LogP contribution < -0.4 is 5.32 Å². The van der Waals surface area contributed by atoms with Gasteiger partial charge in [-0.05, 0) is 29.3 Å². The summed E-state index contributed by atoms with van der Waals surface area (Å²) in [5.41, 5.74) is 0. The van der Waals surface area contributed by atoms with Crippen LogP contribution in [0.15, 0.2) is 23.3 Å². The van der Waals surface area contributed by atoms with Crippen LogP contribution in [0.5, 0.6) is 0 Å². The molecule has 15 heavy (non-hydrogen) atoms. The molecule has 0 bridgehead atoms. The smallest absolute Gasteiger partial charge is 0.132 e. The topological polar surface area (TPSA) is 37.8 Å². The van der Waals surface area contributed by atoms with Crippen LogP contribution in [0.2, 0.25) is 0 Å². The Hall–Kier alpha value is -0.900. The molecule has 1 unspecified atom stereocenters. The Kier molecular flexibility index (Phi) is 4.75. The molecule has 0 aliphatic rings. The summed E-state index contributed by atoms with van der Waals surface area (Å²) in [6, 6.07) is 2.08. The first kappa shape index (κ1) is 12.2. The lowest BCUT2D eigenvalue weighted by Crippen LogP contribution is -2.13. The number of hydrogen-bond acceptors (Lipinski definition) is 3. The lowest BCUT2D eigenvalue weighted by molar-refractivity contribution is 0.825. The summed E-state index contributed by atoms with van der Waals surface area (Å²) in [5, 5.41) is 3.23. The van der Waals surface area contributed by atoms with Gasteiger partial charge in [-0.2, -0.15) is 0 Å². The zero-order valence-corrected chi connectivity index (χ0v) is 10.7. The molecule has 1 rings (SSSR count). The van der Waals surface area contributed by atoms with Gasteiger partial charge in [0.1, 0.15) is 16.2 Å². The summed E-state index contributed by atoms with van der Waals surface area (Å²) in [6.45, 7) is 7.87. The number of hydrogen-bond donors (Lipinski definition) is 1. The van der Waals surface area contributed by atoms with E-state index in [0.29, 0.717) is 0 Å². The molecule has 1 heterocycles. The second-order valence-corrected chi connectivity index (χ2v) is 4.22. The van der Waals surface area contributed by atoms with Crippen LogP contribution in [-0.2, 0) is 6.42 Å². The van der Waals surface area contributed by atoms with Crippen molar-refractivity contribution < 1.29 is 0 Å². The lowest BCUT2D eigenvalue weighted by atomic mass is 10.3. The van der Waals surface area contributed by atoms with Crippen LogP contribution >= 0.6 is 15.9 Å². The first-order chi connectivity index (χ1) is 7.15. The van der Waals surface area contributed by atoms with Crippen molar-refractivity contribution in [2.24, 2.45) is 0 Å². The van der Waals surface area contributed by atoms with Crippen molar-refractivity contribution in [2.75, 3.05) is 5.32 Å². The molecule has 0 saturated carbocycles. The summed E-state index contributed by atoms with van der Waals surface area (Å²) in [6.07, 6.45) is 3.79. The van der Waals surface area contributed by atoms with E-state index in [2.05, 4.69) is 44.7 Å². The Balaban J connectivity index is 2.83. The number of halogens is 1. The summed E-state index contributed by atoms with van der Waals surface area (Å²) >= 11 is 3.38. The maximum atomic E-state index is 4.41. The largest absolute Gasteiger partial charge is 0.364 e.